The molecule has 0 aliphatic carbocycles. The number of para-hydroxylation sites is 2. The highest BCUT2D eigenvalue weighted by Crippen LogP contribution is 2.53. The molecule has 2 N–H and O–H groups in total. The first kappa shape index (κ1) is 34.5. The van der Waals surface area contributed by atoms with Crippen LogP contribution < -0.4 is 10.6 Å². The number of fused-ring (bicyclic) bond motifs is 2. The highest BCUT2D eigenvalue weighted by atomic mass is 19.4. The fourth-order valence-electron chi connectivity index (χ4n) is 6.29. The zero-order valence-electron chi connectivity index (χ0n) is 24.6. The smallest absolute Gasteiger partial charge is 0.368 e. The number of ketones is 1. The molecule has 0 saturated heterocycles. The monoisotopic (exact) mass is 714 g/mol. The second-order valence-corrected chi connectivity index (χ2v) is 11.1. The first-order chi connectivity index (χ1) is 23.3. The van der Waals surface area contributed by atoms with Gasteiger partial charge in [0.25, 0.3) is 0 Å². The SMILES string of the molecule is O=C(C1(C(F)(F)F)NC=CC=C1c1ccnc2c(C(F)(F)F)cccc12)C1(C(F)(F)F)NC=CC=C1c1ccnc2c(C(F)(F)F)cccc12. The summed E-state index contributed by atoms with van der Waals surface area (Å²) in [5, 5.41) is 2.35. The van der Waals surface area contributed by atoms with Crippen molar-refractivity contribution in [3.05, 3.63) is 120 Å². The van der Waals surface area contributed by atoms with E-state index in [1.165, 1.54) is 0 Å². The molecule has 0 spiro atoms. The molecule has 17 heteroatoms. The molecule has 2 aromatic heterocycles. The van der Waals surface area contributed by atoms with Crippen LogP contribution in [-0.2, 0) is 17.1 Å². The molecule has 0 fully saturated rings. The summed E-state index contributed by atoms with van der Waals surface area (Å²) in [6.45, 7) is 0. The number of hydrogen-bond donors (Lipinski definition) is 2. The fourth-order valence-corrected chi connectivity index (χ4v) is 6.29. The molecule has 5 nitrogen and oxygen atoms in total. The van der Waals surface area contributed by atoms with E-state index in [0.29, 0.717) is 49.1 Å². The standard InChI is InChI=1S/C33H18F12N4O/c34-30(35,36)23-7-1-5-19-17(11-15-46-25(19)23)21-9-3-13-48-28(21,32(40,41)42)27(50)29(33(43,44)45)22(10-4-14-49-29)18-12-16-47-26-20(18)6-2-8-24(26)31(37,38)39/h1-16,48-49H. The van der Waals surface area contributed by atoms with Crippen LogP contribution in [0.25, 0.3) is 33.0 Å². The number of nitrogens with zero attached hydrogens (tertiary/aromatic N) is 2. The number of dihydropyridines is 2. The van der Waals surface area contributed by atoms with Gasteiger partial charge in [0.1, 0.15) is 0 Å². The number of hydrogen-bond acceptors (Lipinski definition) is 5. The van der Waals surface area contributed by atoms with E-state index < -0.39 is 96.8 Å². The van der Waals surface area contributed by atoms with Crippen LogP contribution in [0.1, 0.15) is 22.3 Å². The summed E-state index contributed by atoms with van der Waals surface area (Å²) >= 11 is 0. The molecule has 2 aromatic carbocycles. The molecule has 6 rings (SSSR count). The lowest BCUT2D eigenvalue weighted by atomic mass is 9.67. The molecule has 2 atom stereocenters. The third-order valence-electron chi connectivity index (χ3n) is 8.39. The van der Waals surface area contributed by atoms with E-state index in [-0.39, 0.29) is 0 Å². The van der Waals surface area contributed by atoms with Crippen molar-refractivity contribution in [3.8, 4) is 0 Å². The Morgan fingerprint density at radius 2 is 0.940 bits per heavy atom. The molecular formula is C33H18F12N4O. The van der Waals surface area contributed by atoms with Gasteiger partial charge >= 0.3 is 24.7 Å². The predicted molar refractivity (Wildman–Crippen MR) is 157 cm³/mol. The lowest BCUT2D eigenvalue weighted by Gasteiger charge is -2.47. The fraction of sp³-hybridized carbons (Fsp3) is 0.182. The molecule has 2 aliphatic rings. The Bertz CT molecular complexity index is 2010. The maximum atomic E-state index is 15.6. The summed E-state index contributed by atoms with van der Waals surface area (Å²) in [6, 6.07) is 6.49. The van der Waals surface area contributed by atoms with Gasteiger partial charge < -0.3 is 10.6 Å². The summed E-state index contributed by atoms with van der Waals surface area (Å²) in [4.78, 5) is 22.0. The van der Waals surface area contributed by atoms with Crippen LogP contribution in [0.5, 0.6) is 0 Å². The average Bonchev–Trinajstić information content (AvgIpc) is 3.04. The van der Waals surface area contributed by atoms with Crippen LogP contribution in [0.2, 0.25) is 0 Å². The predicted octanol–water partition coefficient (Wildman–Crippen LogP) is 8.69. The summed E-state index contributed by atoms with van der Waals surface area (Å²) in [6.07, 6.45) is -16.3. The number of aromatic nitrogens is 2. The molecule has 0 radical (unpaired) electrons. The summed E-state index contributed by atoms with van der Waals surface area (Å²) in [5.41, 5.74) is -16.9. The molecule has 0 amide bonds. The quantitative estimate of drug-likeness (QED) is 0.207. The lowest BCUT2D eigenvalue weighted by molar-refractivity contribution is -0.207. The van der Waals surface area contributed by atoms with Gasteiger partial charge in [-0.05, 0) is 59.9 Å². The van der Waals surface area contributed by atoms with Crippen molar-refractivity contribution in [2.24, 2.45) is 0 Å². The Morgan fingerprint density at radius 3 is 1.28 bits per heavy atom. The topological polar surface area (TPSA) is 66.9 Å². The van der Waals surface area contributed by atoms with E-state index in [2.05, 4.69) is 9.97 Å². The second kappa shape index (κ2) is 11.3. The first-order valence-corrected chi connectivity index (χ1v) is 14.2. The van der Waals surface area contributed by atoms with Gasteiger partial charge in [0.2, 0.25) is 16.9 Å². The van der Waals surface area contributed by atoms with Crippen LogP contribution in [0.4, 0.5) is 52.7 Å². The molecule has 0 saturated carbocycles. The van der Waals surface area contributed by atoms with Crippen LogP contribution in [-0.4, -0.2) is 39.2 Å². The molecule has 4 heterocycles. The van der Waals surface area contributed by atoms with Crippen molar-refractivity contribution in [2.75, 3.05) is 0 Å². The third-order valence-corrected chi connectivity index (χ3v) is 8.39. The minimum atomic E-state index is -5.94. The van der Waals surface area contributed by atoms with Gasteiger partial charge in [-0.1, -0.05) is 36.4 Å². The van der Waals surface area contributed by atoms with Gasteiger partial charge in [0.15, 0.2) is 0 Å². The van der Waals surface area contributed by atoms with Gasteiger partial charge in [0.05, 0.1) is 22.2 Å². The summed E-state index contributed by atoms with van der Waals surface area (Å²) in [7, 11) is 0. The Labute approximate surface area is 272 Å². The molecular weight excluding hydrogens is 696 g/mol. The number of allylic oxidation sites excluding steroid dienone is 4. The second-order valence-electron chi connectivity index (χ2n) is 11.1. The van der Waals surface area contributed by atoms with Crippen molar-refractivity contribution in [2.45, 2.75) is 35.8 Å². The Hall–Kier alpha value is -5.35. The minimum Gasteiger partial charge on any atom is -0.368 e. The summed E-state index contributed by atoms with van der Waals surface area (Å²) < 4.78 is 177. The number of rotatable bonds is 4. The van der Waals surface area contributed by atoms with Crippen molar-refractivity contribution < 1.29 is 57.5 Å². The molecule has 2 aliphatic heterocycles. The van der Waals surface area contributed by atoms with Gasteiger partial charge in [0, 0.05) is 34.3 Å². The molecule has 2 unspecified atom stereocenters. The number of benzene rings is 2. The number of halogens is 12. The number of nitrogens with one attached hydrogen (secondary N) is 2. The molecule has 260 valence electrons. The zero-order chi connectivity index (χ0) is 36.5. The number of pyridine rings is 2. The first-order valence-electron chi connectivity index (χ1n) is 14.2. The highest BCUT2D eigenvalue weighted by molar-refractivity contribution is 6.18. The minimum absolute atomic E-state index is 0.545. The van der Waals surface area contributed by atoms with Crippen LogP contribution in [0.3, 0.4) is 0 Å². The van der Waals surface area contributed by atoms with Gasteiger partial charge in [-0.3, -0.25) is 14.8 Å². The number of Topliss-reactive ketones (excluding diaryl/α,β-unsaturated/α-hetero) is 1. The van der Waals surface area contributed by atoms with Crippen molar-refractivity contribution in [3.63, 3.8) is 0 Å². The van der Waals surface area contributed by atoms with Crippen LogP contribution >= 0.6 is 0 Å². The molecule has 50 heavy (non-hydrogen) atoms. The van der Waals surface area contributed by atoms with E-state index in [1.54, 1.807) is 10.6 Å². The zero-order valence-corrected chi connectivity index (χ0v) is 24.6. The molecule has 4 aromatic rings. The van der Waals surface area contributed by atoms with Gasteiger partial charge in [-0.25, -0.2) is 0 Å². The van der Waals surface area contributed by atoms with E-state index in [0.717, 1.165) is 48.6 Å². The van der Waals surface area contributed by atoms with Crippen LogP contribution in [0, 0.1) is 0 Å². The lowest BCUT2D eigenvalue weighted by Crippen LogP contribution is -2.74. The van der Waals surface area contributed by atoms with E-state index >= 15 is 26.3 Å². The Balaban J connectivity index is 1.66. The van der Waals surface area contributed by atoms with E-state index in [1.807, 2.05) is 0 Å². The van der Waals surface area contributed by atoms with Gasteiger partial charge in [-0.15, -0.1) is 0 Å². The highest BCUT2D eigenvalue weighted by Gasteiger charge is 2.74. The largest absolute Gasteiger partial charge is 0.423 e. The maximum Gasteiger partial charge on any atom is 0.423 e. The average molecular weight is 715 g/mol. The summed E-state index contributed by atoms with van der Waals surface area (Å²) in [5.74, 6) is -2.63. The Kier molecular flexibility index (Phi) is 7.83. The van der Waals surface area contributed by atoms with Crippen molar-refractivity contribution in [1.29, 1.82) is 0 Å². The number of carbonyl (C=O) groups excluding carboxylic acids is 1. The molecule has 0 bridgehead atoms. The van der Waals surface area contributed by atoms with Crippen molar-refractivity contribution in [1.82, 2.24) is 20.6 Å². The normalized spacial score (nSPS) is 21.4. The Morgan fingerprint density at radius 1 is 0.560 bits per heavy atom. The number of carbonyl (C=O) groups is 1. The van der Waals surface area contributed by atoms with Gasteiger partial charge in [-0.2, -0.15) is 52.7 Å². The van der Waals surface area contributed by atoms with E-state index in [4.69, 9.17) is 0 Å². The van der Waals surface area contributed by atoms with Crippen molar-refractivity contribution >= 4 is 38.7 Å². The third kappa shape index (κ3) is 5.08. The van der Waals surface area contributed by atoms with Crippen LogP contribution in [0.15, 0.2) is 97.6 Å². The van der Waals surface area contributed by atoms with E-state index in [9.17, 15) is 31.1 Å². The number of alkyl halides is 12. The maximum absolute atomic E-state index is 15.6.